The molecule has 4 atom stereocenters. The Hall–Kier alpha value is 0.0569. The van der Waals surface area contributed by atoms with E-state index in [1.165, 1.54) is 0 Å². The van der Waals surface area contributed by atoms with Crippen molar-refractivity contribution in [3.63, 3.8) is 0 Å². The summed E-state index contributed by atoms with van der Waals surface area (Å²) in [6.07, 6.45) is 3.72. The highest BCUT2D eigenvalue weighted by Gasteiger charge is 2.56. The lowest BCUT2D eigenvalue weighted by molar-refractivity contribution is -0.150. The summed E-state index contributed by atoms with van der Waals surface area (Å²) >= 11 is 0. The van der Waals surface area contributed by atoms with Crippen LogP contribution in [0, 0.1) is 21.7 Å². The number of rotatable bonds is 16. The van der Waals surface area contributed by atoms with Crippen molar-refractivity contribution in [2.75, 3.05) is 0 Å². The molecule has 0 aromatic carbocycles. The van der Waals surface area contributed by atoms with Gasteiger partial charge in [-0.3, -0.25) is 0 Å². The number of hydrogen-bond donors (Lipinski definition) is 0. The van der Waals surface area contributed by atoms with Crippen LogP contribution in [0.2, 0.25) is 0 Å². The van der Waals surface area contributed by atoms with E-state index < -0.39 is 9.05 Å². The summed E-state index contributed by atoms with van der Waals surface area (Å²) < 4.78 is 27.6. The summed E-state index contributed by atoms with van der Waals surface area (Å²) in [5.41, 5.74) is -0.0918. The van der Waals surface area contributed by atoms with E-state index in [0.717, 1.165) is 25.7 Å². The van der Waals surface area contributed by atoms with Crippen LogP contribution in [0.4, 0.5) is 0 Å². The third kappa shape index (κ3) is 9.22. The second kappa shape index (κ2) is 12.3. The van der Waals surface area contributed by atoms with E-state index in [9.17, 15) is 0 Å². The average Bonchev–Trinajstić information content (AvgIpc) is 2.72. The Labute approximate surface area is 209 Å². The van der Waals surface area contributed by atoms with Gasteiger partial charge in [0.2, 0.25) is 0 Å². The number of hydrogen-bond acceptors (Lipinski definition) is 4. The van der Waals surface area contributed by atoms with Gasteiger partial charge in [0.15, 0.2) is 0 Å². The summed E-state index contributed by atoms with van der Waals surface area (Å²) in [4.78, 5) is 0. The molecule has 4 unspecified atom stereocenters. The monoisotopic (exact) mass is 488 g/mol. The van der Waals surface area contributed by atoms with Gasteiger partial charge < -0.3 is 17.7 Å². The SMILES string of the molecule is CCC(C)(C)C(C)O[Si](OC(C)C(C)(C)CC)(OC(C)C(C)(C)CC)OC(C)C(C)(C)CC. The summed E-state index contributed by atoms with van der Waals surface area (Å²) in [6, 6.07) is 0. The van der Waals surface area contributed by atoms with Crippen LogP contribution in [0.5, 0.6) is 0 Å². The molecule has 0 fully saturated rings. The zero-order chi connectivity index (χ0) is 26.5. The van der Waals surface area contributed by atoms with E-state index in [2.05, 4.69) is 111 Å². The van der Waals surface area contributed by atoms with Crippen LogP contribution in [0.1, 0.15) is 136 Å². The van der Waals surface area contributed by atoms with Gasteiger partial charge in [0.05, 0.1) is 24.4 Å². The fourth-order valence-corrected chi connectivity index (χ4v) is 6.16. The highest BCUT2D eigenvalue weighted by atomic mass is 28.4. The minimum absolute atomic E-state index is 0.0229. The molecule has 4 nitrogen and oxygen atoms in total. The summed E-state index contributed by atoms with van der Waals surface area (Å²) in [5.74, 6) is 0. The van der Waals surface area contributed by atoms with E-state index in [4.69, 9.17) is 17.7 Å². The Bertz CT molecular complexity index is 469. The average molecular weight is 489 g/mol. The van der Waals surface area contributed by atoms with Crippen LogP contribution in [0.25, 0.3) is 0 Å². The molecule has 0 aromatic rings. The van der Waals surface area contributed by atoms with E-state index in [1.54, 1.807) is 0 Å². The normalized spacial score (nSPS) is 19.6. The second-order valence-corrected chi connectivity index (χ2v) is 14.9. The summed E-state index contributed by atoms with van der Waals surface area (Å²) in [6.45, 7) is 35.4. The zero-order valence-corrected chi connectivity index (χ0v) is 26.3. The van der Waals surface area contributed by atoms with Gasteiger partial charge in [-0.1, -0.05) is 83.1 Å². The molecule has 0 rings (SSSR count). The van der Waals surface area contributed by atoms with E-state index >= 15 is 0 Å². The first-order valence-corrected chi connectivity index (χ1v) is 15.1. The first kappa shape index (κ1) is 33.1. The molecule has 0 aliphatic rings. The second-order valence-electron chi connectivity index (χ2n) is 12.9. The molecule has 0 spiro atoms. The van der Waals surface area contributed by atoms with Crippen molar-refractivity contribution in [1.82, 2.24) is 0 Å². The van der Waals surface area contributed by atoms with Gasteiger partial charge in [0, 0.05) is 0 Å². The molecule has 0 bridgehead atoms. The Kier molecular flexibility index (Phi) is 12.4. The van der Waals surface area contributed by atoms with Crippen LogP contribution in [0.15, 0.2) is 0 Å². The molecule has 0 amide bonds. The third-order valence-corrected chi connectivity index (χ3v) is 11.9. The van der Waals surface area contributed by atoms with Gasteiger partial charge in [0.1, 0.15) is 0 Å². The maximum absolute atomic E-state index is 6.90. The van der Waals surface area contributed by atoms with Gasteiger partial charge in [0.25, 0.3) is 0 Å². The molecule has 0 radical (unpaired) electrons. The van der Waals surface area contributed by atoms with Crippen molar-refractivity contribution in [2.24, 2.45) is 21.7 Å². The van der Waals surface area contributed by atoms with Crippen LogP contribution in [-0.2, 0) is 17.7 Å². The van der Waals surface area contributed by atoms with Crippen molar-refractivity contribution in [3.8, 4) is 0 Å². The molecule has 0 heterocycles. The topological polar surface area (TPSA) is 36.9 Å². The standard InChI is InChI=1S/C28H60O4Si/c1-17-25(9,10)21(5)29-33(30-22(6)26(11,12)18-2,31-23(7)27(13,14)19-3)32-24(8)28(15,16)20-4/h21-24H,17-20H2,1-16H3. The minimum atomic E-state index is -3.55. The van der Waals surface area contributed by atoms with E-state index in [0.29, 0.717) is 0 Å². The Morgan fingerprint density at radius 2 is 0.576 bits per heavy atom. The maximum Gasteiger partial charge on any atom is 0.680 e. The maximum atomic E-state index is 6.90. The van der Waals surface area contributed by atoms with Gasteiger partial charge in [-0.15, -0.1) is 0 Å². The molecule has 0 aliphatic heterocycles. The Morgan fingerprint density at radius 1 is 0.424 bits per heavy atom. The predicted octanol–water partition coefficient (Wildman–Crippen LogP) is 8.79. The smallest absolute Gasteiger partial charge is 0.348 e. The van der Waals surface area contributed by atoms with E-state index in [-0.39, 0.29) is 46.1 Å². The van der Waals surface area contributed by atoms with Gasteiger partial charge in [-0.05, 0) is 75.0 Å². The van der Waals surface area contributed by atoms with E-state index in [1.807, 2.05) is 0 Å². The lowest BCUT2D eigenvalue weighted by atomic mass is 9.85. The van der Waals surface area contributed by atoms with Crippen LogP contribution >= 0.6 is 0 Å². The molecule has 0 aromatic heterocycles. The summed E-state index contributed by atoms with van der Waals surface area (Å²) in [7, 11) is -3.55. The highest BCUT2D eigenvalue weighted by molar-refractivity contribution is 6.53. The Balaban J connectivity index is 6.58. The van der Waals surface area contributed by atoms with Crippen molar-refractivity contribution >= 4 is 9.05 Å². The first-order valence-electron chi connectivity index (χ1n) is 13.5. The van der Waals surface area contributed by atoms with Crippen molar-refractivity contribution in [3.05, 3.63) is 0 Å². The van der Waals surface area contributed by atoms with Crippen LogP contribution in [-0.4, -0.2) is 33.5 Å². The Morgan fingerprint density at radius 3 is 0.697 bits per heavy atom. The molecule has 0 aliphatic carbocycles. The van der Waals surface area contributed by atoms with Crippen LogP contribution in [0.3, 0.4) is 0 Å². The molecule has 5 heteroatoms. The van der Waals surface area contributed by atoms with Crippen molar-refractivity contribution in [2.45, 2.75) is 161 Å². The molecule has 0 saturated heterocycles. The molecule has 0 saturated carbocycles. The highest BCUT2D eigenvalue weighted by Crippen LogP contribution is 2.39. The van der Waals surface area contributed by atoms with Gasteiger partial charge in [-0.2, -0.15) is 0 Å². The molecule has 200 valence electrons. The quantitative estimate of drug-likeness (QED) is 0.203. The molecule has 33 heavy (non-hydrogen) atoms. The van der Waals surface area contributed by atoms with Gasteiger partial charge in [-0.25, -0.2) is 0 Å². The lowest BCUT2D eigenvalue weighted by Crippen LogP contribution is -2.60. The largest absolute Gasteiger partial charge is 0.680 e. The van der Waals surface area contributed by atoms with Crippen molar-refractivity contribution in [1.29, 1.82) is 0 Å². The fraction of sp³-hybridized carbons (Fsp3) is 1.00. The fourth-order valence-electron chi connectivity index (χ4n) is 2.82. The lowest BCUT2D eigenvalue weighted by Gasteiger charge is -2.46. The van der Waals surface area contributed by atoms with Crippen LogP contribution < -0.4 is 0 Å². The first-order chi connectivity index (χ1) is 14.8. The van der Waals surface area contributed by atoms with Gasteiger partial charge >= 0.3 is 9.05 Å². The minimum Gasteiger partial charge on any atom is -0.348 e. The zero-order valence-electron chi connectivity index (χ0n) is 25.3. The molecular formula is C28H60O4Si. The third-order valence-electron chi connectivity index (χ3n) is 9.33. The molecular weight excluding hydrogens is 428 g/mol. The predicted molar refractivity (Wildman–Crippen MR) is 144 cm³/mol. The summed E-state index contributed by atoms with van der Waals surface area (Å²) in [5, 5.41) is 0. The molecule has 0 N–H and O–H groups in total. The van der Waals surface area contributed by atoms with Crippen molar-refractivity contribution < 1.29 is 17.7 Å².